The smallest absolute Gasteiger partial charge is 0.473 e. The third kappa shape index (κ3) is 8.98. The van der Waals surface area contributed by atoms with Crippen molar-refractivity contribution in [1.82, 2.24) is 5.32 Å². The number of carboxylic acids is 2. The first-order chi connectivity index (χ1) is 11.7. The number of amides is 2. The Bertz CT molecular complexity index is 605. The van der Waals surface area contributed by atoms with Crippen molar-refractivity contribution in [3.05, 3.63) is 0 Å². The molecule has 0 saturated carbocycles. The number of carboxylic acid groups (broad SMARTS) is 2. The summed E-state index contributed by atoms with van der Waals surface area (Å²) in [6.45, 7) is 0.246. The molecular formula is C11H11F5N2O6S2. The summed E-state index contributed by atoms with van der Waals surface area (Å²) in [6, 6.07) is -1.76. The highest BCUT2D eigenvalue weighted by molar-refractivity contribution is 8.76. The first-order valence-electron chi connectivity index (χ1n) is 6.24. The van der Waals surface area contributed by atoms with E-state index >= 15 is 0 Å². The highest BCUT2D eigenvalue weighted by Crippen LogP contribution is 2.24. The molecule has 0 aromatic carbocycles. The first kappa shape index (κ1) is 24.1. The Morgan fingerprint density at radius 3 is 2.00 bits per heavy atom. The van der Waals surface area contributed by atoms with Crippen LogP contribution in [0.15, 0.2) is 4.99 Å². The molecule has 0 rings (SSSR count). The molecule has 0 aliphatic rings. The number of carbonyl (C=O) groups excluding carboxylic acids is 2. The van der Waals surface area contributed by atoms with E-state index in [4.69, 9.17) is 10.2 Å². The molecule has 0 radical (unpaired) electrons. The van der Waals surface area contributed by atoms with Crippen molar-refractivity contribution in [2.45, 2.75) is 25.1 Å². The Kier molecular flexibility index (Phi) is 8.99. The number of halogens is 5. The van der Waals surface area contributed by atoms with Gasteiger partial charge in [0.15, 0.2) is 0 Å². The van der Waals surface area contributed by atoms with E-state index in [-0.39, 0.29) is 6.92 Å². The minimum atomic E-state index is -5.36. The van der Waals surface area contributed by atoms with Crippen molar-refractivity contribution in [1.29, 1.82) is 0 Å². The van der Waals surface area contributed by atoms with Crippen LogP contribution < -0.4 is 5.32 Å². The van der Waals surface area contributed by atoms with Gasteiger partial charge in [0.2, 0.25) is 0 Å². The molecular weight excluding hydrogens is 415 g/mol. The minimum Gasteiger partial charge on any atom is -0.480 e. The second kappa shape index (κ2) is 9.70. The highest BCUT2D eigenvalue weighted by Gasteiger charge is 2.39. The second-order valence-electron chi connectivity index (χ2n) is 4.47. The summed E-state index contributed by atoms with van der Waals surface area (Å²) in [5, 5.41) is 19.1. The lowest BCUT2D eigenvalue weighted by molar-refractivity contribution is -0.169. The third-order valence-electron chi connectivity index (χ3n) is 2.24. The fraction of sp³-hybridized carbons (Fsp3) is 0.545. The van der Waals surface area contributed by atoms with Crippen molar-refractivity contribution in [3.63, 3.8) is 0 Å². The van der Waals surface area contributed by atoms with Gasteiger partial charge in [-0.3, -0.25) is 9.59 Å². The average Bonchev–Trinajstić information content (AvgIpc) is 2.45. The van der Waals surface area contributed by atoms with Crippen molar-refractivity contribution in [2.75, 3.05) is 11.5 Å². The summed E-state index contributed by atoms with van der Waals surface area (Å²) in [7, 11) is 1.07. The summed E-state index contributed by atoms with van der Waals surface area (Å²) in [5.74, 6) is -13.1. The summed E-state index contributed by atoms with van der Waals surface area (Å²) >= 11 is 0. The van der Waals surface area contributed by atoms with Crippen LogP contribution in [-0.2, 0) is 19.2 Å². The molecule has 0 fully saturated rings. The van der Waals surface area contributed by atoms with E-state index < -0.39 is 59.1 Å². The third-order valence-corrected chi connectivity index (χ3v) is 4.53. The van der Waals surface area contributed by atoms with E-state index in [2.05, 4.69) is 4.99 Å². The van der Waals surface area contributed by atoms with Crippen molar-refractivity contribution >= 4 is 51.1 Å². The van der Waals surface area contributed by atoms with Crippen molar-refractivity contribution in [3.8, 4) is 0 Å². The van der Waals surface area contributed by atoms with Crippen LogP contribution in [0.1, 0.15) is 6.92 Å². The monoisotopic (exact) mass is 426 g/mol. The average molecular weight is 426 g/mol. The van der Waals surface area contributed by atoms with E-state index in [1.54, 1.807) is 5.32 Å². The standard InChI is InChI=1S/C11H11F5N2O6S2/c1-10(12,13)8(23)17-4(6(19)20)2-25-26-3-5(7(21)22)18-9(24)11(14,15)16/h4H,2-3H2,1H3,(H,17,23)(H,19,20)(H,21,22)/t4-/m0/s1. The maximum Gasteiger partial charge on any atom is 0.473 e. The van der Waals surface area contributed by atoms with Gasteiger partial charge in [0, 0.05) is 12.7 Å². The maximum atomic E-state index is 12.7. The zero-order chi connectivity index (χ0) is 20.7. The molecule has 3 N–H and O–H groups in total. The normalized spacial score (nSPS) is 13.8. The van der Waals surface area contributed by atoms with Gasteiger partial charge < -0.3 is 15.5 Å². The zero-order valence-corrected chi connectivity index (χ0v) is 14.3. The van der Waals surface area contributed by atoms with Crippen LogP contribution in [0.25, 0.3) is 0 Å². The van der Waals surface area contributed by atoms with Crippen LogP contribution in [-0.4, -0.2) is 69.3 Å². The van der Waals surface area contributed by atoms with Gasteiger partial charge in [-0.2, -0.15) is 22.0 Å². The van der Waals surface area contributed by atoms with Crippen LogP contribution in [0.4, 0.5) is 22.0 Å². The minimum absolute atomic E-state index is 0.246. The van der Waals surface area contributed by atoms with Crippen molar-refractivity contribution in [2.24, 2.45) is 4.99 Å². The molecule has 1 atom stereocenters. The molecule has 0 aromatic heterocycles. The number of nitrogens with one attached hydrogen (secondary N) is 1. The van der Waals surface area contributed by atoms with Crippen LogP contribution in [0, 0.1) is 0 Å². The van der Waals surface area contributed by atoms with Gasteiger partial charge in [-0.05, 0) is 0 Å². The fourth-order valence-corrected chi connectivity index (χ4v) is 3.12. The number of alkyl halides is 5. The van der Waals surface area contributed by atoms with E-state index in [0.29, 0.717) is 21.6 Å². The number of rotatable bonds is 9. The zero-order valence-electron chi connectivity index (χ0n) is 12.7. The topological polar surface area (TPSA) is 133 Å². The summed E-state index contributed by atoms with van der Waals surface area (Å²) in [5.41, 5.74) is -1.14. The molecule has 0 saturated heterocycles. The summed E-state index contributed by atoms with van der Waals surface area (Å²) in [4.78, 5) is 45.7. The van der Waals surface area contributed by atoms with Gasteiger partial charge in [-0.1, -0.05) is 21.6 Å². The van der Waals surface area contributed by atoms with Gasteiger partial charge in [-0.25, -0.2) is 14.6 Å². The van der Waals surface area contributed by atoms with Gasteiger partial charge in [0.25, 0.3) is 5.91 Å². The molecule has 15 heteroatoms. The predicted octanol–water partition coefficient (Wildman–Crippen LogP) is 1.21. The number of aliphatic imine (C=N–C) groups is 1. The lowest BCUT2D eigenvalue weighted by Crippen LogP contribution is -2.48. The Morgan fingerprint density at radius 2 is 1.62 bits per heavy atom. The Hall–Kier alpha value is -1.90. The number of nitrogens with zero attached hydrogens (tertiary/aromatic N) is 1. The van der Waals surface area contributed by atoms with Crippen LogP contribution in [0.5, 0.6) is 0 Å². The number of hydrogen-bond donors (Lipinski definition) is 3. The Labute approximate surface area is 150 Å². The fourth-order valence-electron chi connectivity index (χ4n) is 1.00. The van der Waals surface area contributed by atoms with Gasteiger partial charge in [0.1, 0.15) is 11.8 Å². The molecule has 8 nitrogen and oxygen atoms in total. The molecule has 0 aliphatic carbocycles. The summed E-state index contributed by atoms with van der Waals surface area (Å²) < 4.78 is 61.6. The number of hydrogen-bond acceptors (Lipinski definition) is 6. The van der Waals surface area contributed by atoms with Gasteiger partial charge in [0.05, 0.1) is 5.75 Å². The lowest BCUT2D eigenvalue weighted by Gasteiger charge is -2.16. The highest BCUT2D eigenvalue weighted by atomic mass is 33.1. The van der Waals surface area contributed by atoms with Gasteiger partial charge in [-0.15, -0.1) is 0 Å². The van der Waals surface area contributed by atoms with E-state index in [9.17, 15) is 41.1 Å². The SMILES string of the molecule is CC(F)(F)C(=O)N[C@@H](CSSCC(=NC(=O)C(F)(F)F)C(=O)O)C(=O)O. The largest absolute Gasteiger partial charge is 0.480 e. The number of aliphatic carboxylic acids is 2. The molecule has 2 amide bonds. The van der Waals surface area contributed by atoms with E-state index in [0.717, 1.165) is 0 Å². The lowest BCUT2D eigenvalue weighted by atomic mass is 10.3. The molecule has 0 bridgehead atoms. The summed E-state index contributed by atoms with van der Waals surface area (Å²) in [6.07, 6.45) is -5.36. The van der Waals surface area contributed by atoms with Crippen molar-refractivity contribution < 1.29 is 51.3 Å². The number of carbonyl (C=O) groups is 4. The van der Waals surface area contributed by atoms with Crippen LogP contribution in [0.3, 0.4) is 0 Å². The molecule has 0 aliphatic heterocycles. The van der Waals surface area contributed by atoms with Gasteiger partial charge >= 0.3 is 29.9 Å². The van der Waals surface area contributed by atoms with Crippen LogP contribution in [0.2, 0.25) is 0 Å². The molecule has 0 aromatic rings. The maximum absolute atomic E-state index is 12.7. The molecule has 26 heavy (non-hydrogen) atoms. The Morgan fingerprint density at radius 1 is 1.08 bits per heavy atom. The predicted molar refractivity (Wildman–Crippen MR) is 81.2 cm³/mol. The second-order valence-corrected chi connectivity index (χ2v) is 6.97. The van der Waals surface area contributed by atoms with Crippen LogP contribution >= 0.6 is 21.6 Å². The Balaban J connectivity index is 4.73. The van der Waals surface area contributed by atoms with E-state index in [1.807, 2.05) is 0 Å². The molecule has 0 heterocycles. The quantitative estimate of drug-likeness (QED) is 0.217. The molecule has 0 spiro atoms. The molecule has 0 unspecified atom stereocenters. The first-order valence-corrected chi connectivity index (χ1v) is 8.73. The molecule has 148 valence electrons. The van der Waals surface area contributed by atoms with E-state index in [1.165, 1.54) is 0 Å².